The van der Waals surface area contributed by atoms with Gasteiger partial charge in [-0.05, 0) is 0 Å². The Kier molecular flexibility index (Phi) is 4.84. The average Bonchev–Trinajstić information content (AvgIpc) is 1.65. The van der Waals surface area contributed by atoms with Crippen molar-refractivity contribution in [1.29, 1.82) is 0 Å². The molecule has 0 aliphatic carbocycles. The molecule has 0 N–H and O–H groups in total. The van der Waals surface area contributed by atoms with Gasteiger partial charge >= 0.3 is 0 Å². The minimum Gasteiger partial charge on any atom is -0.364 e. The van der Waals surface area contributed by atoms with Crippen LogP contribution in [0.25, 0.3) is 0 Å². The van der Waals surface area contributed by atoms with Crippen LogP contribution in [0, 0.1) is 0 Å². The summed E-state index contributed by atoms with van der Waals surface area (Å²) in [5.41, 5.74) is -0.292. The lowest BCUT2D eigenvalue weighted by Crippen LogP contribution is -2.08. The Bertz CT molecular complexity index is 50.2. The van der Waals surface area contributed by atoms with E-state index in [2.05, 4.69) is 36.6 Å². The lowest BCUT2D eigenvalue weighted by molar-refractivity contribution is 0.182. The van der Waals surface area contributed by atoms with E-state index in [9.17, 15) is 0 Å². The van der Waals surface area contributed by atoms with Crippen LogP contribution in [0.3, 0.4) is 0 Å². The maximum atomic E-state index is 5.48. The first-order valence-corrected chi connectivity index (χ1v) is 3.90. The molecule has 0 bridgehead atoms. The van der Waals surface area contributed by atoms with Crippen molar-refractivity contribution in [2.45, 2.75) is 9.30 Å². The summed E-state index contributed by atoms with van der Waals surface area (Å²) in [7, 11) is 1.55. The molecule has 0 aromatic heterocycles. The molecule has 1 atom stereocenters. The molecule has 0 spiro atoms. The lowest BCUT2D eigenvalue weighted by Gasteiger charge is -2.05. The number of alkyl halides is 3. The lowest BCUT2D eigenvalue weighted by atomic mass is 10.9. The van der Waals surface area contributed by atoms with Crippen molar-refractivity contribution in [3.05, 3.63) is 0 Å². The molecule has 0 fully saturated rings. The second-order valence-corrected chi connectivity index (χ2v) is 4.55. The average molecular weight is 252 g/mol. The van der Waals surface area contributed by atoms with E-state index in [0.717, 1.165) is 0 Å². The van der Waals surface area contributed by atoms with Crippen molar-refractivity contribution >= 4 is 43.5 Å². The van der Waals surface area contributed by atoms with Gasteiger partial charge in [0, 0.05) is 7.11 Å². The van der Waals surface area contributed by atoms with Crippen molar-refractivity contribution in [2.24, 2.45) is 0 Å². The summed E-state index contributed by atoms with van der Waals surface area (Å²) < 4.78 is 4.72. The third-order valence-electron chi connectivity index (χ3n) is 0.423. The predicted molar refractivity (Wildman–Crippen MR) is 38.3 cm³/mol. The van der Waals surface area contributed by atoms with Crippen LogP contribution in [-0.2, 0) is 4.74 Å². The Labute approximate surface area is 64.6 Å². The molecule has 0 radical (unpaired) electrons. The number of methoxy groups -OCH3 is 1. The highest BCUT2D eigenvalue weighted by Crippen LogP contribution is 2.17. The zero-order valence-electron chi connectivity index (χ0n) is 3.70. The molecule has 0 aliphatic rings. The zero-order valence-corrected chi connectivity index (χ0v) is 7.62. The minimum atomic E-state index is -0.292. The van der Waals surface area contributed by atoms with Crippen LogP contribution in [0.2, 0.25) is 0 Å². The van der Waals surface area contributed by atoms with Gasteiger partial charge in [-0.2, -0.15) is 0 Å². The van der Waals surface area contributed by atoms with Crippen molar-refractivity contribution in [3.63, 3.8) is 0 Å². The minimum absolute atomic E-state index is 0.0340. The Hall–Kier alpha value is 1.21. The van der Waals surface area contributed by atoms with Gasteiger partial charge in [-0.1, -0.05) is 43.5 Å². The molecular weight excluding hydrogens is 247 g/mol. The van der Waals surface area contributed by atoms with E-state index in [1.807, 2.05) is 0 Å². The summed E-state index contributed by atoms with van der Waals surface area (Å²) in [6.45, 7) is 0. The highest BCUT2D eigenvalue weighted by atomic mass is 79.9. The van der Waals surface area contributed by atoms with Crippen molar-refractivity contribution in [2.75, 3.05) is 7.11 Å². The third-order valence-corrected chi connectivity index (χ3v) is 2.42. The Morgan fingerprint density at radius 2 is 2.00 bits per heavy atom. The van der Waals surface area contributed by atoms with E-state index < -0.39 is 0 Å². The standard InChI is InChI=1S/C3H5Br2ClO/c1-7-3(6)2(4)5/h2-3H,1H3. The molecule has 7 heavy (non-hydrogen) atoms. The van der Waals surface area contributed by atoms with Crippen LogP contribution in [0.1, 0.15) is 0 Å². The molecule has 0 aromatic rings. The van der Waals surface area contributed by atoms with Gasteiger partial charge in [0.1, 0.15) is 3.74 Å². The fourth-order valence-electron chi connectivity index (χ4n) is 0.103. The van der Waals surface area contributed by atoms with E-state index >= 15 is 0 Å². The number of hydrogen-bond donors (Lipinski definition) is 0. The molecule has 0 heterocycles. The van der Waals surface area contributed by atoms with E-state index in [1.54, 1.807) is 7.11 Å². The van der Waals surface area contributed by atoms with Gasteiger partial charge < -0.3 is 4.74 Å². The molecule has 44 valence electrons. The first kappa shape index (κ1) is 8.21. The van der Waals surface area contributed by atoms with Crippen LogP contribution in [0.4, 0.5) is 0 Å². The summed E-state index contributed by atoms with van der Waals surface area (Å²) in [6.07, 6.45) is 0. The first-order valence-electron chi connectivity index (χ1n) is 1.63. The van der Waals surface area contributed by atoms with Crippen LogP contribution >= 0.6 is 43.5 Å². The summed E-state index contributed by atoms with van der Waals surface area (Å²) in [5.74, 6) is 0. The predicted octanol–water partition coefficient (Wildman–Crippen LogP) is 2.31. The SMILES string of the molecule is COC(Cl)C(Br)Br. The Morgan fingerprint density at radius 1 is 1.57 bits per heavy atom. The first-order chi connectivity index (χ1) is 3.18. The van der Waals surface area contributed by atoms with Gasteiger partial charge in [0.05, 0.1) is 0 Å². The van der Waals surface area contributed by atoms with Crippen molar-refractivity contribution < 1.29 is 4.74 Å². The number of halogens is 3. The van der Waals surface area contributed by atoms with Crippen LogP contribution in [0.5, 0.6) is 0 Å². The third kappa shape index (κ3) is 3.76. The van der Waals surface area contributed by atoms with Gasteiger partial charge in [0.25, 0.3) is 0 Å². The molecule has 0 rings (SSSR count). The Morgan fingerprint density at radius 3 is 2.00 bits per heavy atom. The van der Waals surface area contributed by atoms with Gasteiger partial charge in [0.2, 0.25) is 0 Å². The van der Waals surface area contributed by atoms with E-state index in [1.165, 1.54) is 0 Å². The van der Waals surface area contributed by atoms with E-state index in [-0.39, 0.29) is 9.30 Å². The second kappa shape index (κ2) is 4.13. The number of hydrogen-bond acceptors (Lipinski definition) is 1. The van der Waals surface area contributed by atoms with E-state index in [0.29, 0.717) is 0 Å². The quantitative estimate of drug-likeness (QED) is 0.685. The van der Waals surface area contributed by atoms with Gasteiger partial charge in [-0.15, -0.1) is 0 Å². The normalized spacial score (nSPS) is 15.0. The fourth-order valence-corrected chi connectivity index (χ4v) is 0.535. The smallest absolute Gasteiger partial charge is 0.152 e. The maximum absolute atomic E-state index is 5.48. The van der Waals surface area contributed by atoms with Crippen molar-refractivity contribution in [1.82, 2.24) is 0 Å². The summed E-state index contributed by atoms with van der Waals surface area (Å²) in [6, 6.07) is 0. The number of rotatable bonds is 2. The van der Waals surface area contributed by atoms with Crippen LogP contribution in [-0.4, -0.2) is 16.4 Å². The van der Waals surface area contributed by atoms with Crippen molar-refractivity contribution in [3.8, 4) is 0 Å². The number of ether oxygens (including phenoxy) is 1. The highest BCUT2D eigenvalue weighted by Gasteiger charge is 2.08. The molecule has 1 unspecified atom stereocenters. The molecular formula is C3H5Br2ClO. The highest BCUT2D eigenvalue weighted by molar-refractivity contribution is 9.24. The molecule has 0 saturated carbocycles. The molecule has 0 saturated heterocycles. The summed E-state index contributed by atoms with van der Waals surface area (Å²) in [5, 5.41) is 0. The topological polar surface area (TPSA) is 9.23 Å². The largest absolute Gasteiger partial charge is 0.364 e. The van der Waals surface area contributed by atoms with Gasteiger partial charge in [0.15, 0.2) is 5.56 Å². The van der Waals surface area contributed by atoms with Crippen LogP contribution < -0.4 is 0 Å². The molecule has 0 aromatic carbocycles. The van der Waals surface area contributed by atoms with E-state index in [4.69, 9.17) is 11.6 Å². The van der Waals surface area contributed by atoms with Crippen LogP contribution in [0.15, 0.2) is 0 Å². The molecule has 0 aliphatic heterocycles. The fraction of sp³-hybridized carbons (Fsp3) is 1.00. The summed E-state index contributed by atoms with van der Waals surface area (Å²) in [4.78, 5) is 0. The molecule has 4 heteroatoms. The monoisotopic (exact) mass is 250 g/mol. The van der Waals surface area contributed by atoms with Gasteiger partial charge in [-0.3, -0.25) is 0 Å². The summed E-state index contributed by atoms with van der Waals surface area (Å²) >= 11 is 11.8. The zero-order chi connectivity index (χ0) is 5.86. The second-order valence-electron chi connectivity index (χ2n) is 0.921. The maximum Gasteiger partial charge on any atom is 0.152 e. The Balaban J connectivity index is 3.14. The molecule has 1 nitrogen and oxygen atoms in total. The van der Waals surface area contributed by atoms with Gasteiger partial charge in [-0.25, -0.2) is 0 Å². The molecule has 0 amide bonds.